The molecular formula is C12H14N4O2. The van der Waals surface area contributed by atoms with E-state index in [1.165, 1.54) is 12.4 Å². The lowest BCUT2D eigenvalue weighted by Crippen LogP contribution is -2.35. The highest BCUT2D eigenvalue weighted by atomic mass is 16.4. The van der Waals surface area contributed by atoms with Crippen LogP contribution in [0.1, 0.15) is 31.4 Å². The number of hydrogen-bond acceptors (Lipinski definition) is 5. The van der Waals surface area contributed by atoms with Crippen LogP contribution in [0.5, 0.6) is 0 Å². The van der Waals surface area contributed by atoms with Crippen LogP contribution in [0.4, 0.5) is 5.82 Å². The second-order valence-corrected chi connectivity index (χ2v) is 4.54. The average Bonchev–Trinajstić information content (AvgIpc) is 2.87. The highest BCUT2D eigenvalue weighted by Gasteiger charge is 2.41. The Hall–Kier alpha value is -2.16. The van der Waals surface area contributed by atoms with E-state index >= 15 is 0 Å². The minimum atomic E-state index is -0.755. The lowest BCUT2D eigenvalue weighted by molar-refractivity contribution is -0.147. The van der Waals surface area contributed by atoms with E-state index < -0.39 is 11.4 Å². The summed E-state index contributed by atoms with van der Waals surface area (Å²) in [5, 5.41) is 20.9. The lowest BCUT2D eigenvalue weighted by Gasteiger charge is -2.24. The van der Waals surface area contributed by atoms with Crippen molar-refractivity contribution in [2.75, 3.05) is 11.9 Å². The molecule has 1 saturated carbocycles. The number of anilines is 1. The average molecular weight is 246 g/mol. The van der Waals surface area contributed by atoms with Crippen LogP contribution in [0, 0.1) is 16.7 Å². The molecule has 0 saturated heterocycles. The number of carbonyl (C=O) groups is 1. The Bertz CT molecular complexity index is 472. The van der Waals surface area contributed by atoms with Crippen LogP contribution < -0.4 is 5.32 Å². The van der Waals surface area contributed by atoms with E-state index in [9.17, 15) is 9.90 Å². The Labute approximate surface area is 105 Å². The Morgan fingerprint density at radius 2 is 2.17 bits per heavy atom. The van der Waals surface area contributed by atoms with Crippen LogP contribution >= 0.6 is 0 Å². The van der Waals surface area contributed by atoms with Gasteiger partial charge in [-0.15, -0.1) is 0 Å². The molecule has 1 aliphatic rings. The molecule has 1 aromatic rings. The molecule has 0 aromatic carbocycles. The number of aromatic nitrogens is 2. The third-order valence-electron chi connectivity index (χ3n) is 3.39. The molecule has 1 aromatic heterocycles. The second kappa shape index (κ2) is 5.00. The van der Waals surface area contributed by atoms with Gasteiger partial charge in [0.2, 0.25) is 0 Å². The van der Waals surface area contributed by atoms with Gasteiger partial charge in [0.1, 0.15) is 11.9 Å². The molecule has 0 spiro atoms. The van der Waals surface area contributed by atoms with Crippen LogP contribution in [0.2, 0.25) is 0 Å². The Kier molecular flexibility index (Phi) is 3.42. The maximum Gasteiger partial charge on any atom is 0.311 e. The topological polar surface area (TPSA) is 98.9 Å². The summed E-state index contributed by atoms with van der Waals surface area (Å²) in [5.74, 6) is -0.254. The molecule has 0 aliphatic heterocycles. The zero-order valence-electron chi connectivity index (χ0n) is 9.89. The molecule has 2 rings (SSSR count). The first-order valence-corrected chi connectivity index (χ1v) is 5.86. The minimum Gasteiger partial charge on any atom is -0.481 e. The molecule has 0 atom stereocenters. The molecule has 94 valence electrons. The van der Waals surface area contributed by atoms with E-state index in [1.807, 2.05) is 6.07 Å². The van der Waals surface area contributed by atoms with Crippen LogP contribution in [0.15, 0.2) is 12.4 Å². The Morgan fingerprint density at radius 3 is 2.67 bits per heavy atom. The summed E-state index contributed by atoms with van der Waals surface area (Å²) in [6.45, 7) is 0.350. The largest absolute Gasteiger partial charge is 0.481 e. The van der Waals surface area contributed by atoms with Crippen molar-refractivity contribution in [3.63, 3.8) is 0 Å². The first-order valence-electron chi connectivity index (χ1n) is 5.86. The zero-order chi connectivity index (χ0) is 13.0. The second-order valence-electron chi connectivity index (χ2n) is 4.54. The van der Waals surface area contributed by atoms with Gasteiger partial charge in [-0.05, 0) is 12.8 Å². The normalized spacial score (nSPS) is 17.1. The van der Waals surface area contributed by atoms with Crippen LogP contribution in [-0.2, 0) is 4.79 Å². The third kappa shape index (κ3) is 2.40. The highest BCUT2D eigenvalue weighted by Crippen LogP contribution is 2.38. The van der Waals surface area contributed by atoms with Gasteiger partial charge in [0, 0.05) is 6.54 Å². The van der Waals surface area contributed by atoms with E-state index in [1.54, 1.807) is 0 Å². The summed E-state index contributed by atoms with van der Waals surface area (Å²) >= 11 is 0. The predicted molar refractivity (Wildman–Crippen MR) is 63.8 cm³/mol. The lowest BCUT2D eigenvalue weighted by atomic mass is 9.86. The summed E-state index contributed by atoms with van der Waals surface area (Å²) in [4.78, 5) is 19.2. The SMILES string of the molecule is N#Cc1cnc(NCC2(C(=O)O)CCCC2)cn1. The number of carboxylic acid groups (broad SMARTS) is 1. The number of hydrogen-bond donors (Lipinski definition) is 2. The highest BCUT2D eigenvalue weighted by molar-refractivity contribution is 5.75. The molecule has 6 heteroatoms. The number of rotatable bonds is 4. The molecule has 1 fully saturated rings. The number of nitrogens with zero attached hydrogens (tertiary/aromatic N) is 3. The Balaban J connectivity index is 2.01. The van der Waals surface area contributed by atoms with Crippen molar-refractivity contribution in [3.8, 4) is 6.07 Å². The fraction of sp³-hybridized carbons (Fsp3) is 0.500. The number of nitrogens with one attached hydrogen (secondary N) is 1. The van der Waals surface area contributed by atoms with Crippen molar-refractivity contribution in [1.29, 1.82) is 5.26 Å². The minimum absolute atomic E-state index is 0.245. The molecule has 18 heavy (non-hydrogen) atoms. The van der Waals surface area contributed by atoms with Gasteiger partial charge in [-0.25, -0.2) is 9.97 Å². The van der Waals surface area contributed by atoms with Gasteiger partial charge in [-0.2, -0.15) is 5.26 Å². The maximum absolute atomic E-state index is 11.3. The summed E-state index contributed by atoms with van der Waals surface area (Å²) in [7, 11) is 0. The standard InChI is InChI=1S/C12H14N4O2/c13-5-9-6-15-10(7-14-9)16-8-12(11(17)18)3-1-2-4-12/h6-7H,1-4,8H2,(H,15,16)(H,17,18). The Morgan fingerprint density at radius 1 is 1.44 bits per heavy atom. The van der Waals surface area contributed by atoms with E-state index in [0.717, 1.165) is 12.8 Å². The van der Waals surface area contributed by atoms with Gasteiger partial charge in [-0.3, -0.25) is 4.79 Å². The van der Waals surface area contributed by atoms with Crippen molar-refractivity contribution >= 4 is 11.8 Å². The molecule has 0 bridgehead atoms. The molecular weight excluding hydrogens is 232 g/mol. The van der Waals surface area contributed by atoms with Crippen LogP contribution in [-0.4, -0.2) is 27.6 Å². The summed E-state index contributed by atoms with van der Waals surface area (Å²) in [6.07, 6.45) is 6.10. The quantitative estimate of drug-likeness (QED) is 0.833. The van der Waals surface area contributed by atoms with Crippen LogP contribution in [0.3, 0.4) is 0 Å². The van der Waals surface area contributed by atoms with Gasteiger partial charge < -0.3 is 10.4 Å². The zero-order valence-corrected chi connectivity index (χ0v) is 9.89. The van der Waals surface area contributed by atoms with E-state index in [-0.39, 0.29) is 5.69 Å². The molecule has 1 aliphatic carbocycles. The molecule has 2 N–H and O–H groups in total. The molecule has 0 unspecified atom stereocenters. The molecule has 6 nitrogen and oxygen atoms in total. The fourth-order valence-corrected chi connectivity index (χ4v) is 2.25. The number of aliphatic carboxylic acids is 1. The first-order chi connectivity index (χ1) is 8.66. The van der Waals surface area contributed by atoms with Gasteiger partial charge in [-0.1, -0.05) is 12.8 Å². The van der Waals surface area contributed by atoms with E-state index in [2.05, 4.69) is 15.3 Å². The van der Waals surface area contributed by atoms with E-state index in [0.29, 0.717) is 25.2 Å². The van der Waals surface area contributed by atoms with Crippen molar-refractivity contribution in [2.45, 2.75) is 25.7 Å². The van der Waals surface area contributed by atoms with Crippen molar-refractivity contribution in [3.05, 3.63) is 18.1 Å². The predicted octanol–water partition coefficient (Wildman–Crippen LogP) is 1.41. The van der Waals surface area contributed by atoms with E-state index in [4.69, 9.17) is 5.26 Å². The van der Waals surface area contributed by atoms with Crippen LogP contribution in [0.25, 0.3) is 0 Å². The van der Waals surface area contributed by atoms with Gasteiger partial charge >= 0.3 is 5.97 Å². The molecule has 1 heterocycles. The summed E-state index contributed by atoms with van der Waals surface area (Å²) in [5.41, 5.74) is -0.440. The number of carboxylic acids is 1. The van der Waals surface area contributed by atoms with Crippen molar-refractivity contribution in [1.82, 2.24) is 9.97 Å². The maximum atomic E-state index is 11.3. The van der Waals surface area contributed by atoms with Gasteiger partial charge in [0.25, 0.3) is 0 Å². The first kappa shape index (κ1) is 12.3. The molecule has 0 amide bonds. The monoisotopic (exact) mass is 246 g/mol. The van der Waals surface area contributed by atoms with Crippen molar-refractivity contribution < 1.29 is 9.90 Å². The van der Waals surface area contributed by atoms with Crippen molar-refractivity contribution in [2.24, 2.45) is 5.41 Å². The molecule has 0 radical (unpaired) electrons. The van der Waals surface area contributed by atoms with Gasteiger partial charge in [0.15, 0.2) is 5.69 Å². The third-order valence-corrected chi connectivity index (χ3v) is 3.39. The smallest absolute Gasteiger partial charge is 0.311 e. The fourth-order valence-electron chi connectivity index (χ4n) is 2.25. The van der Waals surface area contributed by atoms with Gasteiger partial charge in [0.05, 0.1) is 17.8 Å². The number of nitriles is 1. The summed E-state index contributed by atoms with van der Waals surface area (Å²) < 4.78 is 0. The summed E-state index contributed by atoms with van der Waals surface area (Å²) in [6, 6.07) is 1.88.